The van der Waals surface area contributed by atoms with E-state index in [1.54, 1.807) is 11.4 Å². The number of H-pyrrole nitrogens is 1. The highest BCUT2D eigenvalue weighted by molar-refractivity contribution is 7.13. The highest BCUT2D eigenvalue weighted by Gasteiger charge is 2.14. The molecule has 0 radical (unpaired) electrons. The van der Waals surface area contributed by atoms with E-state index in [0.717, 1.165) is 29.9 Å². The molecule has 2 heterocycles. The zero-order chi connectivity index (χ0) is 14.5. The molecule has 0 spiro atoms. The molecule has 0 aromatic carbocycles. The maximum Gasteiger partial charge on any atom is 0.359 e. The SMILES string of the molecule is CCCc1cc(C(=O)OCc2csc([N+](=O)[O-])c2)n[nH]1. The molecule has 0 aliphatic carbocycles. The van der Waals surface area contributed by atoms with E-state index in [0.29, 0.717) is 5.56 Å². The molecule has 0 amide bonds. The summed E-state index contributed by atoms with van der Waals surface area (Å²) < 4.78 is 5.06. The summed E-state index contributed by atoms with van der Waals surface area (Å²) in [6.07, 6.45) is 1.77. The summed E-state index contributed by atoms with van der Waals surface area (Å²) in [7, 11) is 0. The van der Waals surface area contributed by atoms with Crippen molar-refractivity contribution in [3.05, 3.63) is 44.6 Å². The number of aromatic nitrogens is 2. The van der Waals surface area contributed by atoms with Crippen LogP contribution in [-0.4, -0.2) is 21.1 Å². The molecule has 0 unspecified atom stereocenters. The van der Waals surface area contributed by atoms with Gasteiger partial charge in [0.05, 0.1) is 4.92 Å². The van der Waals surface area contributed by atoms with Crippen LogP contribution in [0.15, 0.2) is 17.5 Å². The van der Waals surface area contributed by atoms with Gasteiger partial charge < -0.3 is 4.74 Å². The normalized spacial score (nSPS) is 10.4. The molecule has 2 aromatic heterocycles. The van der Waals surface area contributed by atoms with Crippen molar-refractivity contribution in [2.45, 2.75) is 26.4 Å². The Kier molecular flexibility index (Phi) is 4.46. The molecule has 0 fully saturated rings. The number of carbonyl (C=O) groups is 1. The van der Waals surface area contributed by atoms with E-state index in [1.165, 1.54) is 6.07 Å². The van der Waals surface area contributed by atoms with Gasteiger partial charge in [-0.1, -0.05) is 24.7 Å². The number of aryl methyl sites for hydroxylation is 1. The number of rotatable bonds is 6. The number of esters is 1. The largest absolute Gasteiger partial charge is 0.456 e. The quantitative estimate of drug-likeness (QED) is 0.502. The molecular formula is C12H13N3O4S. The molecule has 1 N–H and O–H groups in total. The van der Waals surface area contributed by atoms with Crippen molar-refractivity contribution >= 4 is 22.3 Å². The third-order valence-electron chi connectivity index (χ3n) is 2.55. The molecule has 0 atom stereocenters. The van der Waals surface area contributed by atoms with Gasteiger partial charge in [0.2, 0.25) is 0 Å². The van der Waals surface area contributed by atoms with Gasteiger partial charge in [0, 0.05) is 22.7 Å². The van der Waals surface area contributed by atoms with E-state index in [2.05, 4.69) is 10.2 Å². The summed E-state index contributed by atoms with van der Waals surface area (Å²) >= 11 is 1.00. The number of carbonyl (C=O) groups excluding carboxylic acids is 1. The van der Waals surface area contributed by atoms with Crippen LogP contribution < -0.4 is 0 Å². The van der Waals surface area contributed by atoms with Gasteiger partial charge in [-0.3, -0.25) is 15.2 Å². The smallest absolute Gasteiger partial charge is 0.359 e. The van der Waals surface area contributed by atoms with Gasteiger partial charge in [-0.05, 0) is 12.5 Å². The number of hydrogen-bond donors (Lipinski definition) is 1. The molecule has 0 saturated carbocycles. The first-order valence-corrected chi connectivity index (χ1v) is 6.91. The lowest BCUT2D eigenvalue weighted by Gasteiger charge is -1.99. The standard InChI is InChI=1S/C12H13N3O4S/c1-2-3-9-5-10(14-13-9)12(16)19-6-8-4-11(15(17)18)20-7-8/h4-5,7H,2-3,6H2,1H3,(H,13,14). The fraction of sp³-hybridized carbons (Fsp3) is 0.333. The summed E-state index contributed by atoms with van der Waals surface area (Å²) in [5.74, 6) is -0.544. The van der Waals surface area contributed by atoms with Crippen LogP contribution in [0, 0.1) is 10.1 Å². The van der Waals surface area contributed by atoms with Crippen LogP contribution in [0.4, 0.5) is 5.00 Å². The van der Waals surface area contributed by atoms with Gasteiger partial charge in [0.25, 0.3) is 0 Å². The Bertz CT molecular complexity index is 620. The van der Waals surface area contributed by atoms with E-state index in [-0.39, 0.29) is 17.3 Å². The van der Waals surface area contributed by atoms with Crippen molar-refractivity contribution in [1.82, 2.24) is 10.2 Å². The predicted octanol–water partition coefficient (Wildman–Crippen LogP) is 2.69. The Morgan fingerprint density at radius 2 is 2.35 bits per heavy atom. The van der Waals surface area contributed by atoms with Gasteiger partial charge >= 0.3 is 11.0 Å². The third kappa shape index (κ3) is 3.41. The Labute approximate surface area is 118 Å². The number of thiophene rings is 1. The van der Waals surface area contributed by atoms with Gasteiger partial charge in [-0.15, -0.1) is 0 Å². The molecule has 0 saturated heterocycles. The first-order chi connectivity index (χ1) is 9.60. The predicted molar refractivity (Wildman–Crippen MR) is 72.7 cm³/mol. The van der Waals surface area contributed by atoms with Crippen LogP contribution in [0.1, 0.15) is 35.1 Å². The zero-order valence-corrected chi connectivity index (χ0v) is 11.6. The second kappa shape index (κ2) is 6.29. The summed E-state index contributed by atoms with van der Waals surface area (Å²) in [5.41, 5.74) is 1.70. The van der Waals surface area contributed by atoms with E-state index >= 15 is 0 Å². The first-order valence-electron chi connectivity index (χ1n) is 6.03. The molecule has 20 heavy (non-hydrogen) atoms. The minimum absolute atomic E-state index is 0.000849. The Hall–Kier alpha value is -2.22. The molecule has 8 heteroatoms. The Morgan fingerprint density at radius 1 is 1.55 bits per heavy atom. The van der Waals surface area contributed by atoms with Crippen molar-refractivity contribution in [1.29, 1.82) is 0 Å². The van der Waals surface area contributed by atoms with Crippen LogP contribution in [0.3, 0.4) is 0 Å². The van der Waals surface area contributed by atoms with Gasteiger partial charge in [0.15, 0.2) is 5.69 Å². The zero-order valence-electron chi connectivity index (χ0n) is 10.8. The van der Waals surface area contributed by atoms with Crippen molar-refractivity contribution in [3.63, 3.8) is 0 Å². The molecule has 0 aliphatic heterocycles. The highest BCUT2D eigenvalue weighted by atomic mass is 32.1. The molecule has 2 rings (SSSR count). The van der Waals surface area contributed by atoms with Crippen molar-refractivity contribution in [2.75, 3.05) is 0 Å². The number of nitrogens with zero attached hydrogens (tertiary/aromatic N) is 2. The summed E-state index contributed by atoms with van der Waals surface area (Å²) in [5, 5.41) is 18.8. The third-order valence-corrected chi connectivity index (χ3v) is 3.48. The first kappa shape index (κ1) is 14.2. The lowest BCUT2D eigenvalue weighted by atomic mass is 10.2. The van der Waals surface area contributed by atoms with Crippen molar-refractivity contribution in [3.8, 4) is 0 Å². The van der Waals surface area contributed by atoms with Crippen LogP contribution >= 0.6 is 11.3 Å². The summed E-state index contributed by atoms with van der Waals surface area (Å²) in [4.78, 5) is 21.8. The number of aromatic amines is 1. The van der Waals surface area contributed by atoms with Crippen molar-refractivity contribution in [2.24, 2.45) is 0 Å². The van der Waals surface area contributed by atoms with Crippen LogP contribution in [0.2, 0.25) is 0 Å². The summed E-state index contributed by atoms with van der Waals surface area (Å²) in [6, 6.07) is 3.05. The topological polar surface area (TPSA) is 98.1 Å². The molecule has 7 nitrogen and oxygen atoms in total. The maximum absolute atomic E-state index is 11.7. The van der Waals surface area contributed by atoms with E-state index in [1.807, 2.05) is 6.92 Å². The van der Waals surface area contributed by atoms with Crippen LogP contribution in [-0.2, 0) is 17.8 Å². The fourth-order valence-electron chi connectivity index (χ4n) is 1.62. The number of ether oxygens (including phenoxy) is 1. The maximum atomic E-state index is 11.7. The number of hydrogen-bond acceptors (Lipinski definition) is 6. The monoisotopic (exact) mass is 295 g/mol. The Morgan fingerprint density at radius 3 is 3.00 bits per heavy atom. The van der Waals surface area contributed by atoms with Crippen molar-refractivity contribution < 1.29 is 14.5 Å². The van der Waals surface area contributed by atoms with Crippen LogP contribution in [0.25, 0.3) is 0 Å². The van der Waals surface area contributed by atoms with E-state index in [4.69, 9.17) is 4.74 Å². The molecular weight excluding hydrogens is 282 g/mol. The van der Waals surface area contributed by atoms with Gasteiger partial charge in [-0.25, -0.2) is 4.79 Å². The van der Waals surface area contributed by atoms with Gasteiger partial charge in [0.1, 0.15) is 6.61 Å². The van der Waals surface area contributed by atoms with E-state index < -0.39 is 10.9 Å². The minimum atomic E-state index is -0.544. The second-order valence-corrected chi connectivity index (χ2v) is 5.04. The second-order valence-electron chi connectivity index (χ2n) is 4.15. The Balaban J connectivity index is 1.91. The number of nitro groups is 1. The number of nitrogens with one attached hydrogen (secondary N) is 1. The molecule has 2 aromatic rings. The van der Waals surface area contributed by atoms with E-state index in [9.17, 15) is 14.9 Å². The lowest BCUT2D eigenvalue weighted by molar-refractivity contribution is -0.380. The average molecular weight is 295 g/mol. The summed E-state index contributed by atoms with van der Waals surface area (Å²) in [6.45, 7) is 2.03. The minimum Gasteiger partial charge on any atom is -0.456 e. The molecule has 0 bridgehead atoms. The van der Waals surface area contributed by atoms with Gasteiger partial charge in [-0.2, -0.15) is 5.10 Å². The van der Waals surface area contributed by atoms with Crippen LogP contribution in [0.5, 0.6) is 0 Å². The molecule has 0 aliphatic rings. The molecule has 106 valence electrons. The lowest BCUT2D eigenvalue weighted by Crippen LogP contribution is -2.05. The average Bonchev–Trinajstić information content (AvgIpc) is 3.05. The fourth-order valence-corrected chi connectivity index (χ4v) is 2.33. The highest BCUT2D eigenvalue weighted by Crippen LogP contribution is 2.23.